The number of aliphatic carboxylic acids is 1. The van der Waals surface area contributed by atoms with Gasteiger partial charge in [0.2, 0.25) is 0 Å². The summed E-state index contributed by atoms with van der Waals surface area (Å²) in [7, 11) is 0. The summed E-state index contributed by atoms with van der Waals surface area (Å²) < 4.78 is 0. The minimum Gasteiger partial charge on any atom is -0.481 e. The lowest BCUT2D eigenvalue weighted by molar-refractivity contribution is -0.141. The zero-order valence-electron chi connectivity index (χ0n) is 12.3. The first-order valence-corrected chi connectivity index (χ1v) is 7.36. The lowest BCUT2D eigenvalue weighted by Crippen LogP contribution is -2.47. The van der Waals surface area contributed by atoms with Gasteiger partial charge in [-0.3, -0.25) is 4.79 Å². The molecule has 116 valence electrons. The van der Waals surface area contributed by atoms with Crippen LogP contribution in [-0.2, 0) is 4.79 Å². The van der Waals surface area contributed by atoms with Crippen LogP contribution < -0.4 is 5.32 Å². The van der Waals surface area contributed by atoms with Crippen molar-refractivity contribution in [1.29, 1.82) is 0 Å². The highest BCUT2D eigenvalue weighted by atomic mass is 16.4. The monoisotopic (exact) mass is 286 g/mol. The van der Waals surface area contributed by atoms with E-state index < -0.39 is 5.97 Å². The van der Waals surface area contributed by atoms with Crippen LogP contribution in [0.1, 0.15) is 46.0 Å². The van der Waals surface area contributed by atoms with Gasteiger partial charge in [-0.05, 0) is 32.6 Å². The predicted octanol–water partition coefficient (Wildman–Crippen LogP) is 1.43. The fourth-order valence-electron chi connectivity index (χ4n) is 2.51. The number of amides is 2. The predicted molar refractivity (Wildman–Crippen MR) is 75.5 cm³/mol. The van der Waals surface area contributed by atoms with Crippen LogP contribution >= 0.6 is 0 Å². The topological polar surface area (TPSA) is 89.9 Å². The minimum absolute atomic E-state index is 0.0118. The number of rotatable bonds is 7. The Hall–Kier alpha value is -1.30. The molecule has 2 amide bonds. The van der Waals surface area contributed by atoms with Crippen molar-refractivity contribution in [3.05, 3.63) is 0 Å². The van der Waals surface area contributed by atoms with Gasteiger partial charge in [0.05, 0.1) is 18.6 Å². The first kappa shape index (κ1) is 16.8. The molecule has 0 bridgehead atoms. The van der Waals surface area contributed by atoms with Crippen molar-refractivity contribution in [3.63, 3.8) is 0 Å². The molecule has 6 nitrogen and oxygen atoms in total. The third-order valence-corrected chi connectivity index (χ3v) is 3.91. The molecule has 0 aliphatic carbocycles. The molecule has 1 rings (SSSR count). The molecule has 3 N–H and O–H groups in total. The molecule has 0 aromatic carbocycles. The van der Waals surface area contributed by atoms with Gasteiger partial charge in [0, 0.05) is 12.6 Å². The Morgan fingerprint density at radius 2 is 2.05 bits per heavy atom. The van der Waals surface area contributed by atoms with Crippen molar-refractivity contribution >= 4 is 12.0 Å². The van der Waals surface area contributed by atoms with E-state index in [4.69, 9.17) is 5.11 Å². The van der Waals surface area contributed by atoms with Crippen molar-refractivity contribution in [2.75, 3.05) is 13.2 Å². The molecule has 1 aliphatic rings. The summed E-state index contributed by atoms with van der Waals surface area (Å²) in [6.07, 6.45) is 3.95. The van der Waals surface area contributed by atoms with Crippen LogP contribution in [0.3, 0.4) is 0 Å². The molecule has 3 atom stereocenters. The van der Waals surface area contributed by atoms with Gasteiger partial charge in [-0.2, -0.15) is 0 Å². The fourth-order valence-corrected chi connectivity index (χ4v) is 2.51. The summed E-state index contributed by atoms with van der Waals surface area (Å²) in [5, 5.41) is 20.9. The molecule has 1 fully saturated rings. The molecule has 1 aliphatic heterocycles. The molecule has 6 heteroatoms. The van der Waals surface area contributed by atoms with Gasteiger partial charge in [-0.25, -0.2) is 4.79 Å². The summed E-state index contributed by atoms with van der Waals surface area (Å²) in [5.74, 6) is -1.11. The Morgan fingerprint density at radius 3 is 2.65 bits per heavy atom. The average molecular weight is 286 g/mol. The number of carbonyl (C=O) groups excluding carboxylic acids is 1. The van der Waals surface area contributed by atoms with Crippen molar-refractivity contribution < 1.29 is 19.8 Å². The van der Waals surface area contributed by atoms with E-state index in [-0.39, 0.29) is 30.6 Å². The first-order chi connectivity index (χ1) is 9.45. The molecule has 0 radical (unpaired) electrons. The van der Waals surface area contributed by atoms with Crippen molar-refractivity contribution in [3.8, 4) is 0 Å². The number of carboxylic acid groups (broad SMARTS) is 1. The van der Waals surface area contributed by atoms with Crippen molar-refractivity contribution in [2.45, 2.75) is 58.0 Å². The molecule has 0 spiro atoms. The van der Waals surface area contributed by atoms with E-state index in [1.165, 1.54) is 0 Å². The lowest BCUT2D eigenvalue weighted by atomic mass is 10.0. The molecule has 0 aromatic rings. The van der Waals surface area contributed by atoms with Gasteiger partial charge in [0.25, 0.3) is 0 Å². The Morgan fingerprint density at radius 1 is 1.35 bits per heavy atom. The highest BCUT2D eigenvalue weighted by Crippen LogP contribution is 2.17. The SMILES string of the molecule is CC(CCCC(C)C(=O)O)NC(=O)N1CCCC1CO. The number of urea groups is 1. The van der Waals surface area contributed by atoms with Crippen LogP contribution in [0.4, 0.5) is 4.79 Å². The second kappa shape index (κ2) is 8.09. The minimum atomic E-state index is -0.774. The van der Waals surface area contributed by atoms with Crippen LogP contribution in [0.2, 0.25) is 0 Å². The largest absolute Gasteiger partial charge is 0.481 e. The number of aliphatic hydroxyl groups excluding tert-OH is 1. The Balaban J connectivity index is 2.26. The summed E-state index contributed by atoms with van der Waals surface area (Å²) in [5.41, 5.74) is 0. The Kier molecular flexibility index (Phi) is 6.78. The standard InChI is InChI=1S/C14H26N2O4/c1-10(13(18)19)5-3-6-11(2)15-14(20)16-8-4-7-12(16)9-17/h10-12,17H,3-9H2,1-2H3,(H,15,20)(H,18,19). The smallest absolute Gasteiger partial charge is 0.317 e. The maximum Gasteiger partial charge on any atom is 0.317 e. The Labute approximate surface area is 120 Å². The van der Waals surface area contributed by atoms with E-state index in [1.54, 1.807) is 11.8 Å². The third kappa shape index (κ3) is 5.00. The van der Waals surface area contributed by atoms with Crippen LogP contribution in [0.25, 0.3) is 0 Å². The molecule has 1 saturated heterocycles. The van der Waals surface area contributed by atoms with Crippen molar-refractivity contribution in [2.24, 2.45) is 5.92 Å². The summed E-state index contributed by atoms with van der Waals surface area (Å²) >= 11 is 0. The number of aliphatic hydroxyl groups is 1. The lowest BCUT2D eigenvalue weighted by Gasteiger charge is -2.25. The fraction of sp³-hybridized carbons (Fsp3) is 0.857. The molecule has 0 saturated carbocycles. The highest BCUT2D eigenvalue weighted by molar-refractivity contribution is 5.75. The molecular weight excluding hydrogens is 260 g/mol. The normalized spacial score (nSPS) is 21.6. The maximum atomic E-state index is 12.0. The van der Waals surface area contributed by atoms with Gasteiger partial charge in [0.15, 0.2) is 0 Å². The van der Waals surface area contributed by atoms with E-state index in [0.29, 0.717) is 13.0 Å². The average Bonchev–Trinajstić information content (AvgIpc) is 2.86. The number of hydrogen-bond donors (Lipinski definition) is 3. The quantitative estimate of drug-likeness (QED) is 0.660. The van der Waals surface area contributed by atoms with Gasteiger partial charge in [-0.1, -0.05) is 13.3 Å². The molecule has 1 heterocycles. The number of carbonyl (C=O) groups is 2. The zero-order chi connectivity index (χ0) is 15.1. The van der Waals surface area contributed by atoms with E-state index in [0.717, 1.165) is 25.7 Å². The maximum absolute atomic E-state index is 12.0. The highest BCUT2D eigenvalue weighted by Gasteiger charge is 2.28. The second-order valence-electron chi connectivity index (χ2n) is 5.69. The van der Waals surface area contributed by atoms with Gasteiger partial charge < -0.3 is 20.4 Å². The summed E-state index contributed by atoms with van der Waals surface area (Å²) in [6.45, 7) is 4.33. The number of hydrogen-bond acceptors (Lipinski definition) is 3. The zero-order valence-corrected chi connectivity index (χ0v) is 12.3. The van der Waals surface area contributed by atoms with Crippen LogP contribution in [0.5, 0.6) is 0 Å². The van der Waals surface area contributed by atoms with Crippen LogP contribution in [0.15, 0.2) is 0 Å². The second-order valence-corrected chi connectivity index (χ2v) is 5.69. The van der Waals surface area contributed by atoms with Crippen LogP contribution in [0, 0.1) is 5.92 Å². The molecule has 0 aromatic heterocycles. The number of nitrogens with zero attached hydrogens (tertiary/aromatic N) is 1. The number of carboxylic acids is 1. The first-order valence-electron chi connectivity index (χ1n) is 7.36. The van der Waals surface area contributed by atoms with Gasteiger partial charge in [0.1, 0.15) is 0 Å². The molecule has 20 heavy (non-hydrogen) atoms. The summed E-state index contributed by atoms with van der Waals surface area (Å²) in [6, 6.07) is -0.169. The molecule has 3 unspecified atom stereocenters. The van der Waals surface area contributed by atoms with E-state index in [9.17, 15) is 14.7 Å². The number of nitrogens with one attached hydrogen (secondary N) is 1. The molecular formula is C14H26N2O4. The van der Waals surface area contributed by atoms with Crippen LogP contribution in [-0.4, -0.2) is 52.3 Å². The van der Waals surface area contributed by atoms with E-state index in [1.807, 2.05) is 6.92 Å². The van der Waals surface area contributed by atoms with Gasteiger partial charge in [-0.15, -0.1) is 0 Å². The third-order valence-electron chi connectivity index (χ3n) is 3.91. The van der Waals surface area contributed by atoms with Gasteiger partial charge >= 0.3 is 12.0 Å². The summed E-state index contributed by atoms with van der Waals surface area (Å²) in [4.78, 5) is 24.4. The van der Waals surface area contributed by atoms with Crippen molar-refractivity contribution in [1.82, 2.24) is 10.2 Å². The van der Waals surface area contributed by atoms with E-state index >= 15 is 0 Å². The Bertz CT molecular complexity index is 335. The number of likely N-dealkylation sites (tertiary alicyclic amines) is 1. The van der Waals surface area contributed by atoms with E-state index in [2.05, 4.69) is 5.32 Å².